The molecule has 4 aromatic rings. The molecule has 0 N–H and O–H groups in total. The average molecular weight is 343 g/mol. The van der Waals surface area contributed by atoms with E-state index < -0.39 is 0 Å². The predicted molar refractivity (Wildman–Crippen MR) is 108 cm³/mol. The Morgan fingerprint density at radius 3 is 2.50 bits per heavy atom. The largest absolute Gasteiger partial charge is 0.341 e. The number of hydrogen-bond acceptors (Lipinski definition) is 2. The van der Waals surface area contributed by atoms with Gasteiger partial charge in [-0.05, 0) is 56.2 Å². The first-order chi connectivity index (χ1) is 12.6. The molecule has 130 valence electrons. The third-order valence-electron chi connectivity index (χ3n) is 4.77. The summed E-state index contributed by atoms with van der Waals surface area (Å²) < 4.78 is 3.76. The van der Waals surface area contributed by atoms with Crippen LogP contribution in [-0.2, 0) is 6.54 Å². The molecule has 0 aliphatic carbocycles. The highest BCUT2D eigenvalue weighted by Crippen LogP contribution is 2.29. The summed E-state index contributed by atoms with van der Waals surface area (Å²) in [6, 6.07) is 18.3. The molecule has 0 saturated carbocycles. The molecule has 0 atom stereocenters. The molecule has 0 bridgehead atoms. The van der Waals surface area contributed by atoms with Crippen molar-refractivity contribution >= 4 is 28.0 Å². The van der Waals surface area contributed by atoms with Gasteiger partial charge < -0.3 is 4.57 Å². The minimum absolute atomic E-state index is 0.109. The van der Waals surface area contributed by atoms with Crippen LogP contribution < -0.4 is 5.56 Å². The third kappa shape index (κ3) is 2.64. The molecule has 4 rings (SSSR count). The van der Waals surface area contributed by atoms with Gasteiger partial charge in [-0.25, -0.2) is 4.68 Å². The molecule has 0 aliphatic rings. The lowest BCUT2D eigenvalue weighted by Crippen LogP contribution is -2.18. The summed E-state index contributed by atoms with van der Waals surface area (Å²) in [6.07, 6.45) is 1.75. The number of hydrogen-bond donors (Lipinski definition) is 0. The Bertz CT molecular complexity index is 1210. The summed E-state index contributed by atoms with van der Waals surface area (Å²) in [6.45, 7) is 6.90. The normalized spacial score (nSPS) is 11.8. The van der Waals surface area contributed by atoms with E-state index >= 15 is 0 Å². The molecule has 0 unspecified atom stereocenters. The predicted octanol–water partition coefficient (Wildman–Crippen LogP) is 4.48. The second kappa shape index (κ2) is 6.30. The summed E-state index contributed by atoms with van der Waals surface area (Å²) in [5.74, 6) is 0. The van der Waals surface area contributed by atoms with Crippen molar-refractivity contribution in [2.75, 3.05) is 0 Å². The first-order valence-corrected chi connectivity index (χ1v) is 8.84. The fourth-order valence-electron chi connectivity index (χ4n) is 3.63. The summed E-state index contributed by atoms with van der Waals surface area (Å²) in [7, 11) is 0. The molecular weight excluding hydrogens is 322 g/mol. The van der Waals surface area contributed by atoms with Crippen LogP contribution in [0.5, 0.6) is 0 Å². The standard InChI is InChI=1S/C22H21N3O/c1-4-24-20-8-6-5-7-18(20)19-13-17(9-10-21(19)24)14-23-25-16(3)11-15(2)12-22(25)26/h5-14H,4H2,1-3H3/b23-14-. The second-order valence-corrected chi connectivity index (χ2v) is 6.61. The van der Waals surface area contributed by atoms with Crippen LogP contribution in [0.4, 0.5) is 0 Å². The van der Waals surface area contributed by atoms with Gasteiger partial charge >= 0.3 is 0 Å². The van der Waals surface area contributed by atoms with Crippen LogP contribution in [0.2, 0.25) is 0 Å². The molecule has 0 spiro atoms. The Labute approximate surface area is 152 Å². The number of pyridine rings is 1. The first-order valence-electron chi connectivity index (χ1n) is 8.84. The first kappa shape index (κ1) is 16.3. The number of fused-ring (bicyclic) bond motifs is 3. The van der Waals surface area contributed by atoms with Crippen LogP contribution in [0, 0.1) is 13.8 Å². The molecule has 4 nitrogen and oxygen atoms in total. The van der Waals surface area contributed by atoms with Crippen molar-refractivity contribution in [3.8, 4) is 0 Å². The average Bonchev–Trinajstić information content (AvgIpc) is 2.94. The second-order valence-electron chi connectivity index (χ2n) is 6.61. The van der Waals surface area contributed by atoms with E-state index in [1.54, 1.807) is 12.3 Å². The third-order valence-corrected chi connectivity index (χ3v) is 4.77. The summed E-state index contributed by atoms with van der Waals surface area (Å²) in [5, 5.41) is 6.85. The topological polar surface area (TPSA) is 39.3 Å². The zero-order chi connectivity index (χ0) is 18.3. The maximum absolute atomic E-state index is 12.2. The fourth-order valence-corrected chi connectivity index (χ4v) is 3.63. The highest BCUT2D eigenvalue weighted by atomic mass is 16.1. The molecule has 2 aromatic heterocycles. The Hall–Kier alpha value is -3.14. The highest BCUT2D eigenvalue weighted by molar-refractivity contribution is 6.09. The molecule has 0 aliphatic heterocycles. The van der Waals surface area contributed by atoms with Gasteiger partial charge in [0.2, 0.25) is 0 Å². The van der Waals surface area contributed by atoms with Gasteiger partial charge in [0.1, 0.15) is 0 Å². The molecule has 0 radical (unpaired) electrons. The molecule has 2 heterocycles. The van der Waals surface area contributed by atoms with Crippen molar-refractivity contribution in [1.29, 1.82) is 0 Å². The van der Waals surface area contributed by atoms with Crippen molar-refractivity contribution < 1.29 is 0 Å². The van der Waals surface area contributed by atoms with Crippen molar-refractivity contribution in [1.82, 2.24) is 9.24 Å². The quantitative estimate of drug-likeness (QED) is 0.506. The number of para-hydroxylation sites is 1. The Balaban J connectivity index is 1.84. The van der Waals surface area contributed by atoms with E-state index in [9.17, 15) is 4.79 Å². The van der Waals surface area contributed by atoms with Crippen LogP contribution in [0.3, 0.4) is 0 Å². The van der Waals surface area contributed by atoms with Gasteiger partial charge in [0.05, 0.1) is 6.21 Å². The van der Waals surface area contributed by atoms with Gasteiger partial charge in [0.25, 0.3) is 5.56 Å². The van der Waals surface area contributed by atoms with Gasteiger partial charge in [-0.3, -0.25) is 4.79 Å². The smallest absolute Gasteiger partial charge is 0.271 e. The number of benzene rings is 2. The SMILES string of the molecule is CCn1c2ccccc2c2cc(/C=N\n3c(C)cc(C)cc3=O)ccc21. The number of nitrogens with zero attached hydrogens (tertiary/aromatic N) is 3. The summed E-state index contributed by atoms with van der Waals surface area (Å²) in [5.41, 5.74) is 5.10. The Morgan fingerprint density at radius 1 is 0.962 bits per heavy atom. The monoisotopic (exact) mass is 343 g/mol. The number of aromatic nitrogens is 2. The Kier molecular flexibility index (Phi) is 3.96. The minimum Gasteiger partial charge on any atom is -0.341 e. The van der Waals surface area contributed by atoms with E-state index in [4.69, 9.17) is 0 Å². The van der Waals surface area contributed by atoms with E-state index in [1.165, 1.54) is 26.5 Å². The van der Waals surface area contributed by atoms with Crippen molar-refractivity contribution in [2.45, 2.75) is 27.3 Å². The highest BCUT2D eigenvalue weighted by Gasteiger charge is 2.09. The van der Waals surface area contributed by atoms with Gasteiger partial charge in [-0.1, -0.05) is 24.3 Å². The molecule has 0 amide bonds. The van der Waals surface area contributed by atoms with Crippen LogP contribution >= 0.6 is 0 Å². The molecule has 26 heavy (non-hydrogen) atoms. The maximum atomic E-state index is 12.2. The van der Waals surface area contributed by atoms with Crippen LogP contribution in [0.25, 0.3) is 21.8 Å². The van der Waals surface area contributed by atoms with E-state index in [-0.39, 0.29) is 5.56 Å². The number of aryl methyl sites for hydroxylation is 3. The van der Waals surface area contributed by atoms with Crippen molar-refractivity contribution in [2.24, 2.45) is 5.10 Å². The summed E-state index contributed by atoms with van der Waals surface area (Å²) >= 11 is 0. The van der Waals surface area contributed by atoms with Gasteiger partial charge in [0.15, 0.2) is 0 Å². The molecular formula is C22H21N3O. The van der Waals surface area contributed by atoms with E-state index in [0.29, 0.717) is 0 Å². The van der Waals surface area contributed by atoms with Gasteiger partial charge in [-0.2, -0.15) is 5.10 Å². The zero-order valence-electron chi connectivity index (χ0n) is 15.2. The van der Waals surface area contributed by atoms with Crippen molar-refractivity contribution in [3.63, 3.8) is 0 Å². The summed E-state index contributed by atoms with van der Waals surface area (Å²) in [4.78, 5) is 12.2. The maximum Gasteiger partial charge on any atom is 0.271 e. The van der Waals surface area contributed by atoms with Crippen LogP contribution in [-0.4, -0.2) is 15.5 Å². The molecule has 2 aromatic carbocycles. The molecule has 0 saturated heterocycles. The lowest BCUT2D eigenvalue weighted by Gasteiger charge is -2.04. The number of rotatable bonds is 3. The molecule has 4 heteroatoms. The van der Waals surface area contributed by atoms with E-state index in [0.717, 1.165) is 23.4 Å². The lowest BCUT2D eigenvalue weighted by molar-refractivity contribution is 0.791. The minimum atomic E-state index is -0.109. The van der Waals surface area contributed by atoms with E-state index in [1.807, 2.05) is 26.0 Å². The Morgan fingerprint density at radius 2 is 1.73 bits per heavy atom. The fraction of sp³-hybridized carbons (Fsp3) is 0.182. The van der Waals surface area contributed by atoms with Gasteiger partial charge in [-0.15, -0.1) is 0 Å². The van der Waals surface area contributed by atoms with Crippen LogP contribution in [0.15, 0.2) is 64.5 Å². The van der Waals surface area contributed by atoms with Crippen LogP contribution in [0.1, 0.15) is 23.7 Å². The zero-order valence-corrected chi connectivity index (χ0v) is 15.2. The molecule has 0 fully saturated rings. The lowest BCUT2D eigenvalue weighted by atomic mass is 10.1. The van der Waals surface area contributed by atoms with Crippen molar-refractivity contribution in [3.05, 3.63) is 81.8 Å². The van der Waals surface area contributed by atoms with Gasteiger partial charge in [0, 0.05) is 40.1 Å². The van der Waals surface area contributed by atoms with E-state index in [2.05, 4.69) is 53.0 Å².